The highest BCUT2D eigenvalue weighted by molar-refractivity contribution is 7.99. The van der Waals surface area contributed by atoms with Crippen LogP contribution in [0, 0.1) is 11.8 Å². The number of hydrogen-bond acceptors (Lipinski definition) is 4. The molecule has 0 aromatic carbocycles. The topological polar surface area (TPSA) is 44.8 Å². The maximum Gasteiger partial charge on any atom is 0.142 e. The summed E-state index contributed by atoms with van der Waals surface area (Å²) < 4.78 is 0. The van der Waals surface area contributed by atoms with Crippen LogP contribution in [0.15, 0.2) is 18.6 Å². The first-order valence-corrected chi connectivity index (χ1v) is 9.39. The van der Waals surface area contributed by atoms with E-state index in [9.17, 15) is 0 Å². The Bertz CT molecular complexity index is 603. The smallest absolute Gasteiger partial charge is 0.142 e. The highest BCUT2D eigenvalue weighted by Crippen LogP contribution is 2.36. The molecular formula is C17H26N4S. The molecule has 0 amide bonds. The molecule has 5 heteroatoms. The van der Waals surface area contributed by atoms with Crippen molar-refractivity contribution >= 4 is 28.6 Å². The number of anilines is 1. The molecule has 0 spiro atoms. The summed E-state index contributed by atoms with van der Waals surface area (Å²) in [6.45, 7) is 4.61. The second kappa shape index (κ2) is 6.90. The lowest BCUT2D eigenvalue weighted by atomic mass is 9.81. The van der Waals surface area contributed by atoms with E-state index in [1.54, 1.807) is 6.33 Å². The predicted octanol–water partition coefficient (Wildman–Crippen LogP) is 3.95. The minimum Gasteiger partial charge on any atom is -0.356 e. The molecule has 22 heavy (non-hydrogen) atoms. The number of aromatic nitrogens is 3. The first kappa shape index (κ1) is 15.7. The van der Waals surface area contributed by atoms with E-state index in [4.69, 9.17) is 0 Å². The van der Waals surface area contributed by atoms with Crippen LogP contribution in [0.5, 0.6) is 0 Å². The van der Waals surface area contributed by atoms with Crippen molar-refractivity contribution in [2.24, 2.45) is 11.8 Å². The van der Waals surface area contributed by atoms with Crippen LogP contribution < -0.4 is 4.90 Å². The van der Waals surface area contributed by atoms with Gasteiger partial charge in [0.1, 0.15) is 17.8 Å². The van der Waals surface area contributed by atoms with E-state index >= 15 is 0 Å². The van der Waals surface area contributed by atoms with E-state index in [0.717, 1.165) is 28.7 Å². The van der Waals surface area contributed by atoms with Crippen LogP contribution in [0.25, 0.3) is 11.0 Å². The van der Waals surface area contributed by atoms with Gasteiger partial charge in [-0.25, -0.2) is 9.97 Å². The fraction of sp³-hybridized carbons (Fsp3) is 0.647. The number of H-pyrrole nitrogens is 1. The van der Waals surface area contributed by atoms with Crippen LogP contribution in [-0.4, -0.2) is 39.5 Å². The van der Waals surface area contributed by atoms with E-state index in [1.165, 1.54) is 30.8 Å². The molecule has 2 heterocycles. The number of hydrogen-bond donors (Lipinski definition) is 1. The van der Waals surface area contributed by atoms with Gasteiger partial charge in [0, 0.05) is 19.3 Å². The summed E-state index contributed by atoms with van der Waals surface area (Å²) in [7, 11) is 2.17. The van der Waals surface area contributed by atoms with Crippen molar-refractivity contribution in [1.82, 2.24) is 15.0 Å². The maximum atomic E-state index is 4.49. The predicted molar refractivity (Wildman–Crippen MR) is 95.6 cm³/mol. The quantitative estimate of drug-likeness (QED) is 0.785. The molecule has 0 radical (unpaired) electrons. The lowest BCUT2D eigenvalue weighted by molar-refractivity contribution is 0.286. The normalized spacial score (nSPS) is 21.3. The molecule has 120 valence electrons. The molecular weight excluding hydrogens is 292 g/mol. The highest BCUT2D eigenvalue weighted by Gasteiger charge is 2.33. The highest BCUT2D eigenvalue weighted by atomic mass is 32.2. The largest absolute Gasteiger partial charge is 0.356 e. The molecule has 1 fully saturated rings. The summed E-state index contributed by atoms with van der Waals surface area (Å²) in [5.41, 5.74) is 0.928. The van der Waals surface area contributed by atoms with Crippen LogP contribution >= 0.6 is 11.8 Å². The van der Waals surface area contributed by atoms with Crippen molar-refractivity contribution in [2.75, 3.05) is 23.5 Å². The fourth-order valence-electron chi connectivity index (χ4n) is 3.03. The third-order valence-electron chi connectivity index (χ3n) is 4.62. The Kier molecular flexibility index (Phi) is 4.91. The third-order valence-corrected chi connectivity index (χ3v) is 5.85. The molecule has 0 bridgehead atoms. The van der Waals surface area contributed by atoms with E-state index in [0.29, 0.717) is 6.04 Å². The van der Waals surface area contributed by atoms with Gasteiger partial charge in [0.2, 0.25) is 0 Å². The summed E-state index contributed by atoms with van der Waals surface area (Å²) in [6, 6.07) is 2.70. The van der Waals surface area contributed by atoms with Gasteiger partial charge in [-0.15, -0.1) is 0 Å². The Morgan fingerprint density at radius 2 is 2.18 bits per heavy atom. The minimum atomic E-state index is 0.628. The van der Waals surface area contributed by atoms with Crippen LogP contribution in [0.2, 0.25) is 0 Å². The molecule has 4 nitrogen and oxygen atoms in total. The Morgan fingerprint density at radius 3 is 2.95 bits per heavy atom. The van der Waals surface area contributed by atoms with Crippen LogP contribution in [0.3, 0.4) is 0 Å². The molecule has 2 aromatic heterocycles. The first-order chi connectivity index (χ1) is 10.6. The Labute approximate surface area is 137 Å². The van der Waals surface area contributed by atoms with Gasteiger partial charge in [0.25, 0.3) is 0 Å². The zero-order chi connectivity index (χ0) is 15.5. The average molecular weight is 318 g/mol. The molecule has 0 atom stereocenters. The lowest BCUT2D eigenvalue weighted by Gasteiger charge is -2.41. The van der Waals surface area contributed by atoms with Gasteiger partial charge >= 0.3 is 0 Å². The van der Waals surface area contributed by atoms with Crippen LogP contribution in [0.1, 0.15) is 33.1 Å². The number of fused-ring (bicyclic) bond motifs is 1. The number of rotatable bonds is 7. The van der Waals surface area contributed by atoms with E-state index in [-0.39, 0.29) is 0 Å². The number of nitrogens with one attached hydrogen (secondary N) is 1. The maximum absolute atomic E-state index is 4.49. The molecule has 0 saturated heterocycles. The van der Waals surface area contributed by atoms with Gasteiger partial charge in [-0.2, -0.15) is 11.8 Å². The van der Waals surface area contributed by atoms with Crippen molar-refractivity contribution in [3.8, 4) is 0 Å². The third kappa shape index (κ3) is 3.40. The van der Waals surface area contributed by atoms with Crippen molar-refractivity contribution in [3.05, 3.63) is 18.6 Å². The number of nitrogens with zero attached hydrogens (tertiary/aromatic N) is 3. The zero-order valence-corrected chi connectivity index (χ0v) is 14.6. The second-order valence-electron chi connectivity index (χ2n) is 6.80. The van der Waals surface area contributed by atoms with Gasteiger partial charge in [-0.05, 0) is 48.7 Å². The number of aromatic amines is 1. The Morgan fingerprint density at radius 1 is 1.36 bits per heavy atom. The van der Waals surface area contributed by atoms with E-state index in [1.807, 2.05) is 6.20 Å². The molecule has 1 saturated carbocycles. The monoisotopic (exact) mass is 318 g/mol. The summed E-state index contributed by atoms with van der Waals surface area (Å²) in [5.74, 6) is 5.40. The average Bonchev–Trinajstić information content (AvgIpc) is 2.92. The van der Waals surface area contributed by atoms with Crippen LogP contribution in [-0.2, 0) is 0 Å². The Hall–Kier alpha value is -1.23. The van der Waals surface area contributed by atoms with Gasteiger partial charge in [0.15, 0.2) is 0 Å². The summed E-state index contributed by atoms with van der Waals surface area (Å²) >= 11 is 2.13. The second-order valence-corrected chi connectivity index (χ2v) is 7.95. The molecule has 3 rings (SSSR count). The van der Waals surface area contributed by atoms with Crippen LogP contribution in [0.4, 0.5) is 5.82 Å². The Balaban J connectivity index is 1.49. The summed E-state index contributed by atoms with van der Waals surface area (Å²) in [6.07, 6.45) is 7.52. The fourth-order valence-corrected chi connectivity index (χ4v) is 4.44. The SMILES string of the molecule is CC(C)CCSCC1CC(N(C)c2ncnc3[nH]ccc23)C1. The van der Waals surface area contributed by atoms with Crippen molar-refractivity contribution < 1.29 is 0 Å². The van der Waals surface area contributed by atoms with Gasteiger partial charge in [-0.1, -0.05) is 13.8 Å². The molecule has 0 aliphatic heterocycles. The minimum absolute atomic E-state index is 0.628. The molecule has 2 aromatic rings. The molecule has 1 aliphatic rings. The molecule has 0 unspecified atom stereocenters. The van der Waals surface area contributed by atoms with Crippen molar-refractivity contribution in [2.45, 2.75) is 39.2 Å². The first-order valence-electron chi connectivity index (χ1n) is 8.23. The van der Waals surface area contributed by atoms with Crippen molar-refractivity contribution in [1.29, 1.82) is 0 Å². The van der Waals surface area contributed by atoms with Gasteiger partial charge in [0.05, 0.1) is 5.39 Å². The molecule has 1 N–H and O–H groups in total. The summed E-state index contributed by atoms with van der Waals surface area (Å²) in [5, 5.41) is 1.12. The summed E-state index contributed by atoms with van der Waals surface area (Å²) in [4.78, 5) is 14.3. The molecule has 1 aliphatic carbocycles. The zero-order valence-electron chi connectivity index (χ0n) is 13.7. The van der Waals surface area contributed by atoms with E-state index < -0.39 is 0 Å². The number of thioether (sulfide) groups is 1. The van der Waals surface area contributed by atoms with Gasteiger partial charge < -0.3 is 9.88 Å². The van der Waals surface area contributed by atoms with Crippen molar-refractivity contribution in [3.63, 3.8) is 0 Å². The van der Waals surface area contributed by atoms with E-state index in [2.05, 4.69) is 58.6 Å². The van der Waals surface area contributed by atoms with Gasteiger partial charge in [-0.3, -0.25) is 0 Å². The standard InChI is InChI=1S/C17H26N4S/c1-12(2)5-7-22-10-13-8-14(9-13)21(3)17-15-4-6-18-16(15)19-11-20-17/h4,6,11-14H,5,7-10H2,1-3H3,(H,18,19,20). The lowest BCUT2D eigenvalue weighted by Crippen LogP contribution is -2.44.